The van der Waals surface area contributed by atoms with Crippen molar-refractivity contribution in [2.24, 2.45) is 40.9 Å². The Morgan fingerprint density at radius 1 is 1.16 bits per heavy atom. The molecule has 0 unspecified atom stereocenters. The molecular weight excluding hydrogens is 312 g/mol. The van der Waals surface area contributed by atoms with Gasteiger partial charge in [0, 0.05) is 23.8 Å². The van der Waals surface area contributed by atoms with Gasteiger partial charge in [0.25, 0.3) is 0 Å². The largest absolute Gasteiger partial charge is 0.451 e. The minimum Gasteiger partial charge on any atom is -0.451 e. The molecule has 3 fully saturated rings. The van der Waals surface area contributed by atoms with Crippen LogP contribution in [0.5, 0.6) is 0 Å². The fraction of sp³-hybridized carbons (Fsp3) is 0.636. The zero-order chi connectivity index (χ0) is 17.0. The summed E-state index contributed by atoms with van der Waals surface area (Å²) in [6.45, 7) is 2.38. The average molecular weight is 336 g/mol. The monoisotopic (exact) mass is 336 g/mol. The Labute approximate surface area is 148 Å². The van der Waals surface area contributed by atoms with Gasteiger partial charge in [0.15, 0.2) is 5.78 Å². The Morgan fingerprint density at radius 3 is 2.84 bits per heavy atom. The minimum absolute atomic E-state index is 0.0699. The Balaban J connectivity index is 1.42. The maximum Gasteiger partial charge on any atom is 0.331 e. The van der Waals surface area contributed by atoms with Gasteiger partial charge in [0.1, 0.15) is 5.60 Å². The molecule has 3 nitrogen and oxygen atoms in total. The summed E-state index contributed by atoms with van der Waals surface area (Å²) in [5.74, 6) is 3.80. The van der Waals surface area contributed by atoms with Gasteiger partial charge in [-0.2, -0.15) is 0 Å². The van der Waals surface area contributed by atoms with Gasteiger partial charge < -0.3 is 4.74 Å². The van der Waals surface area contributed by atoms with Gasteiger partial charge in [-0.05, 0) is 73.0 Å². The maximum atomic E-state index is 11.9. The van der Waals surface area contributed by atoms with Gasteiger partial charge in [-0.3, -0.25) is 4.79 Å². The number of rotatable bonds is 0. The van der Waals surface area contributed by atoms with Crippen molar-refractivity contribution in [1.82, 2.24) is 0 Å². The zero-order valence-corrected chi connectivity index (χ0v) is 14.6. The SMILES string of the molecule is C[C@]12CC[C@H]3[C@@H](C=CC4=CC(=O)CC[C@@H]43)[C@@H]1[C@@H]1C[C@@H]1[C@@]21C=CC(=O)O1. The molecule has 0 aromatic carbocycles. The quantitative estimate of drug-likeness (QED) is 0.635. The third-order valence-corrected chi connectivity index (χ3v) is 8.61. The molecule has 25 heavy (non-hydrogen) atoms. The molecule has 130 valence electrons. The highest BCUT2D eigenvalue weighted by molar-refractivity contribution is 5.92. The van der Waals surface area contributed by atoms with Crippen LogP contribution in [-0.4, -0.2) is 17.4 Å². The van der Waals surface area contributed by atoms with Crippen molar-refractivity contribution in [3.63, 3.8) is 0 Å². The van der Waals surface area contributed by atoms with E-state index in [1.54, 1.807) is 6.08 Å². The highest BCUT2D eigenvalue weighted by Crippen LogP contribution is 2.77. The van der Waals surface area contributed by atoms with Crippen molar-refractivity contribution in [3.8, 4) is 0 Å². The Hall–Kier alpha value is -1.64. The van der Waals surface area contributed by atoms with Crippen LogP contribution >= 0.6 is 0 Å². The average Bonchev–Trinajstić information content (AvgIpc) is 3.23. The van der Waals surface area contributed by atoms with Gasteiger partial charge in [-0.1, -0.05) is 19.1 Å². The molecule has 5 aliphatic carbocycles. The van der Waals surface area contributed by atoms with E-state index in [4.69, 9.17) is 4.74 Å². The van der Waals surface area contributed by atoms with Gasteiger partial charge in [-0.15, -0.1) is 0 Å². The molecule has 0 aromatic heterocycles. The normalized spacial score (nSPS) is 54.5. The molecule has 3 saturated carbocycles. The number of fused-ring (bicyclic) bond motifs is 9. The third kappa shape index (κ3) is 1.59. The summed E-state index contributed by atoms with van der Waals surface area (Å²) in [6.07, 6.45) is 15.6. The van der Waals surface area contributed by atoms with E-state index in [0.29, 0.717) is 47.7 Å². The molecule has 1 spiro atoms. The lowest BCUT2D eigenvalue weighted by molar-refractivity contribution is -0.165. The van der Waals surface area contributed by atoms with Crippen molar-refractivity contribution in [1.29, 1.82) is 0 Å². The van der Waals surface area contributed by atoms with Crippen LogP contribution in [0.2, 0.25) is 0 Å². The fourth-order valence-electron chi connectivity index (χ4n) is 7.61. The van der Waals surface area contributed by atoms with Crippen LogP contribution in [0.4, 0.5) is 0 Å². The Kier molecular flexibility index (Phi) is 2.53. The van der Waals surface area contributed by atoms with Crippen LogP contribution in [0.25, 0.3) is 0 Å². The predicted molar refractivity (Wildman–Crippen MR) is 92.3 cm³/mol. The molecule has 0 amide bonds. The molecule has 8 atom stereocenters. The van der Waals surface area contributed by atoms with Crippen molar-refractivity contribution in [2.75, 3.05) is 0 Å². The number of ketones is 1. The summed E-state index contributed by atoms with van der Waals surface area (Å²) in [6, 6.07) is 0. The van der Waals surface area contributed by atoms with E-state index in [1.165, 1.54) is 18.4 Å². The summed E-state index contributed by atoms with van der Waals surface area (Å²) < 4.78 is 6.01. The molecule has 0 aromatic rings. The van der Waals surface area contributed by atoms with Crippen LogP contribution in [0.15, 0.2) is 36.0 Å². The topological polar surface area (TPSA) is 43.4 Å². The first kappa shape index (κ1) is 14.5. The van der Waals surface area contributed by atoms with E-state index in [1.807, 2.05) is 6.08 Å². The smallest absolute Gasteiger partial charge is 0.331 e. The van der Waals surface area contributed by atoms with Gasteiger partial charge in [0.2, 0.25) is 0 Å². The number of hydrogen-bond acceptors (Lipinski definition) is 3. The summed E-state index contributed by atoms with van der Waals surface area (Å²) >= 11 is 0. The van der Waals surface area contributed by atoms with Crippen molar-refractivity contribution >= 4 is 11.8 Å². The van der Waals surface area contributed by atoms with Crippen molar-refractivity contribution in [2.45, 2.75) is 44.6 Å². The molecule has 1 aliphatic heterocycles. The second-order valence-electron chi connectivity index (χ2n) is 9.39. The van der Waals surface area contributed by atoms with E-state index in [9.17, 15) is 9.59 Å². The van der Waals surface area contributed by atoms with E-state index in [-0.39, 0.29) is 17.0 Å². The summed E-state index contributed by atoms with van der Waals surface area (Å²) in [7, 11) is 0. The standard InChI is InChI=1S/C22H24O3/c1-21-8-6-15-14-5-3-13(23)10-12(14)2-4-16(15)20(21)17-11-18(17)22(21)9-7-19(24)25-22/h2,4,7,9-10,14-18,20H,3,5-6,8,11H2,1H3/t14-,15+,16+,17+,18-,20+,21-,22-/m0/s1. The van der Waals surface area contributed by atoms with E-state index in [2.05, 4.69) is 25.2 Å². The molecule has 1 heterocycles. The Morgan fingerprint density at radius 2 is 2.04 bits per heavy atom. The number of allylic oxidation sites excluding steroid dienone is 4. The van der Waals surface area contributed by atoms with Crippen LogP contribution in [0.3, 0.4) is 0 Å². The molecule has 6 rings (SSSR count). The van der Waals surface area contributed by atoms with E-state index < -0.39 is 0 Å². The first-order chi connectivity index (χ1) is 12.0. The molecule has 0 saturated heterocycles. The molecule has 0 N–H and O–H groups in total. The number of ether oxygens (including phenoxy) is 1. The van der Waals surface area contributed by atoms with Crippen LogP contribution < -0.4 is 0 Å². The van der Waals surface area contributed by atoms with Crippen LogP contribution in [0, 0.1) is 40.9 Å². The van der Waals surface area contributed by atoms with Crippen molar-refractivity contribution < 1.29 is 14.3 Å². The van der Waals surface area contributed by atoms with Gasteiger partial charge in [-0.25, -0.2) is 4.79 Å². The molecule has 3 heteroatoms. The lowest BCUT2D eigenvalue weighted by Gasteiger charge is -2.55. The van der Waals surface area contributed by atoms with E-state index >= 15 is 0 Å². The number of carbonyl (C=O) groups excluding carboxylic acids is 2. The number of carbonyl (C=O) groups is 2. The highest BCUT2D eigenvalue weighted by atomic mass is 16.6. The second kappa shape index (κ2) is 4.36. The minimum atomic E-state index is -0.336. The van der Waals surface area contributed by atoms with E-state index in [0.717, 1.165) is 12.8 Å². The lowest BCUT2D eigenvalue weighted by atomic mass is 9.50. The van der Waals surface area contributed by atoms with Crippen molar-refractivity contribution in [3.05, 3.63) is 36.0 Å². The first-order valence-corrected chi connectivity index (χ1v) is 9.88. The summed E-state index contributed by atoms with van der Waals surface area (Å²) in [5.41, 5.74) is 1.01. The van der Waals surface area contributed by atoms with Gasteiger partial charge >= 0.3 is 5.97 Å². The first-order valence-electron chi connectivity index (χ1n) is 9.88. The second-order valence-corrected chi connectivity index (χ2v) is 9.39. The van der Waals surface area contributed by atoms with Crippen LogP contribution in [0.1, 0.15) is 39.0 Å². The fourth-order valence-corrected chi connectivity index (χ4v) is 7.61. The number of hydrogen-bond donors (Lipinski definition) is 0. The Bertz CT molecular complexity index is 789. The summed E-state index contributed by atoms with van der Waals surface area (Å²) in [4.78, 5) is 23.7. The maximum absolute atomic E-state index is 11.9. The molecule has 6 aliphatic rings. The van der Waals surface area contributed by atoms with Gasteiger partial charge in [0.05, 0.1) is 0 Å². The zero-order valence-electron chi connectivity index (χ0n) is 14.6. The molecule has 0 bridgehead atoms. The summed E-state index contributed by atoms with van der Waals surface area (Å²) in [5, 5.41) is 0. The predicted octanol–water partition coefficient (Wildman–Crippen LogP) is 3.61. The molecule has 0 radical (unpaired) electrons. The number of esters is 1. The lowest BCUT2D eigenvalue weighted by Crippen LogP contribution is -2.54. The van der Waals surface area contributed by atoms with Crippen LogP contribution in [-0.2, 0) is 14.3 Å². The molecular formula is C22H24O3. The third-order valence-electron chi connectivity index (χ3n) is 8.61. The highest BCUT2D eigenvalue weighted by Gasteiger charge is 2.77.